The summed E-state index contributed by atoms with van der Waals surface area (Å²) in [5.74, 6) is 0.778. The van der Waals surface area contributed by atoms with Crippen LogP contribution in [0.15, 0.2) is 40.9 Å². The van der Waals surface area contributed by atoms with Crippen molar-refractivity contribution in [3.05, 3.63) is 45.9 Å². The summed E-state index contributed by atoms with van der Waals surface area (Å²) in [6.45, 7) is 0. The van der Waals surface area contributed by atoms with E-state index in [2.05, 4.69) is 25.9 Å². The highest BCUT2D eigenvalue weighted by molar-refractivity contribution is 9.10. The van der Waals surface area contributed by atoms with Crippen LogP contribution >= 0.6 is 27.5 Å². The van der Waals surface area contributed by atoms with E-state index in [0.29, 0.717) is 10.7 Å². The standard InChI is InChI=1S/C13H9BrClN3/c14-8-3-1-2-7(4-8)13-17-11-6-9(15)5-10(16)12(11)18-13/h1-6H,16H2,(H,17,18). The highest BCUT2D eigenvalue weighted by atomic mass is 79.9. The molecule has 0 aliphatic rings. The Labute approximate surface area is 117 Å². The molecule has 0 fully saturated rings. The second-order valence-electron chi connectivity index (χ2n) is 3.99. The van der Waals surface area contributed by atoms with Crippen molar-refractivity contribution < 1.29 is 0 Å². The molecule has 5 heteroatoms. The fourth-order valence-electron chi connectivity index (χ4n) is 1.88. The van der Waals surface area contributed by atoms with E-state index in [9.17, 15) is 0 Å². The van der Waals surface area contributed by atoms with E-state index in [0.717, 1.165) is 26.9 Å². The molecule has 0 radical (unpaired) electrons. The lowest BCUT2D eigenvalue weighted by atomic mass is 10.2. The number of rotatable bonds is 1. The van der Waals surface area contributed by atoms with Gasteiger partial charge in [0.1, 0.15) is 11.3 Å². The molecule has 0 atom stereocenters. The third-order valence-electron chi connectivity index (χ3n) is 2.68. The predicted octanol–water partition coefficient (Wildman–Crippen LogP) is 4.23. The molecule has 3 N–H and O–H groups in total. The Morgan fingerprint density at radius 1 is 1.22 bits per heavy atom. The number of anilines is 1. The Bertz CT molecular complexity index is 736. The summed E-state index contributed by atoms with van der Waals surface area (Å²) >= 11 is 9.41. The largest absolute Gasteiger partial charge is 0.397 e. The first-order chi connectivity index (χ1) is 8.63. The number of nitrogens with one attached hydrogen (secondary N) is 1. The van der Waals surface area contributed by atoms with Crippen molar-refractivity contribution in [2.45, 2.75) is 0 Å². The first-order valence-electron chi connectivity index (χ1n) is 5.34. The maximum atomic E-state index is 5.97. The van der Waals surface area contributed by atoms with Gasteiger partial charge in [0.15, 0.2) is 0 Å². The highest BCUT2D eigenvalue weighted by Gasteiger charge is 2.08. The van der Waals surface area contributed by atoms with Crippen LogP contribution in [0.1, 0.15) is 0 Å². The predicted molar refractivity (Wildman–Crippen MR) is 78.7 cm³/mol. The molecule has 0 saturated heterocycles. The van der Waals surface area contributed by atoms with E-state index >= 15 is 0 Å². The number of H-pyrrole nitrogens is 1. The zero-order valence-electron chi connectivity index (χ0n) is 9.24. The minimum atomic E-state index is 0.579. The summed E-state index contributed by atoms with van der Waals surface area (Å²) < 4.78 is 1.01. The molecule has 18 heavy (non-hydrogen) atoms. The number of benzene rings is 2. The van der Waals surface area contributed by atoms with E-state index in [1.54, 1.807) is 6.07 Å². The molecule has 90 valence electrons. The van der Waals surface area contributed by atoms with Gasteiger partial charge in [-0.25, -0.2) is 4.98 Å². The minimum Gasteiger partial charge on any atom is -0.397 e. The lowest BCUT2D eigenvalue weighted by Crippen LogP contribution is -1.86. The number of nitrogens with zero attached hydrogens (tertiary/aromatic N) is 1. The Balaban J connectivity index is 2.22. The number of hydrogen-bond donors (Lipinski definition) is 2. The van der Waals surface area contributed by atoms with Crippen LogP contribution in [0.2, 0.25) is 5.02 Å². The number of hydrogen-bond acceptors (Lipinski definition) is 2. The van der Waals surface area contributed by atoms with Gasteiger partial charge >= 0.3 is 0 Å². The molecule has 0 saturated carbocycles. The van der Waals surface area contributed by atoms with E-state index in [1.165, 1.54) is 0 Å². The molecule has 3 aromatic rings. The van der Waals surface area contributed by atoms with Crippen LogP contribution in [0.25, 0.3) is 22.4 Å². The third kappa shape index (κ3) is 1.98. The zero-order chi connectivity index (χ0) is 12.7. The summed E-state index contributed by atoms with van der Waals surface area (Å²) in [4.78, 5) is 7.73. The molecule has 1 aromatic heterocycles. The quantitative estimate of drug-likeness (QED) is 0.659. The summed E-state index contributed by atoms with van der Waals surface area (Å²) in [6, 6.07) is 11.4. The molecule has 2 aromatic carbocycles. The van der Waals surface area contributed by atoms with Crippen LogP contribution < -0.4 is 5.73 Å². The van der Waals surface area contributed by atoms with E-state index < -0.39 is 0 Å². The number of imidazole rings is 1. The van der Waals surface area contributed by atoms with E-state index in [-0.39, 0.29) is 0 Å². The van der Waals surface area contributed by atoms with Gasteiger partial charge in [-0.05, 0) is 24.3 Å². The van der Waals surface area contributed by atoms with Gasteiger partial charge in [-0.2, -0.15) is 0 Å². The number of aromatic amines is 1. The fraction of sp³-hybridized carbons (Fsp3) is 0. The summed E-state index contributed by atoms with van der Waals surface area (Å²) in [5.41, 5.74) is 9.06. The number of nitrogen functional groups attached to an aromatic ring is 1. The van der Waals surface area contributed by atoms with Gasteiger partial charge < -0.3 is 10.7 Å². The minimum absolute atomic E-state index is 0.579. The van der Waals surface area contributed by atoms with Gasteiger partial charge in [-0.3, -0.25) is 0 Å². The molecule has 3 nitrogen and oxygen atoms in total. The summed E-state index contributed by atoms with van der Waals surface area (Å²) in [7, 11) is 0. The average Bonchev–Trinajstić information content (AvgIpc) is 2.73. The second-order valence-corrected chi connectivity index (χ2v) is 5.34. The van der Waals surface area contributed by atoms with Crippen LogP contribution in [0.4, 0.5) is 5.69 Å². The Morgan fingerprint density at radius 2 is 2.06 bits per heavy atom. The van der Waals surface area contributed by atoms with Crippen LogP contribution in [0.5, 0.6) is 0 Å². The maximum absolute atomic E-state index is 5.97. The molecule has 0 bridgehead atoms. The molecule has 0 amide bonds. The topological polar surface area (TPSA) is 54.7 Å². The van der Waals surface area contributed by atoms with Crippen molar-refractivity contribution in [2.75, 3.05) is 5.73 Å². The maximum Gasteiger partial charge on any atom is 0.138 e. The van der Waals surface area contributed by atoms with Crippen LogP contribution in [0.3, 0.4) is 0 Å². The SMILES string of the molecule is Nc1cc(Cl)cc2[nH]c(-c3cccc(Br)c3)nc12. The number of nitrogens with two attached hydrogens (primary N) is 1. The number of fused-ring (bicyclic) bond motifs is 1. The summed E-state index contributed by atoms with van der Waals surface area (Å²) in [6.07, 6.45) is 0. The summed E-state index contributed by atoms with van der Waals surface area (Å²) in [5, 5.41) is 0.601. The lowest BCUT2D eigenvalue weighted by Gasteiger charge is -1.96. The van der Waals surface area contributed by atoms with Crippen molar-refractivity contribution in [1.29, 1.82) is 0 Å². The monoisotopic (exact) mass is 321 g/mol. The molecule has 0 aliphatic carbocycles. The van der Waals surface area contributed by atoms with E-state index in [1.807, 2.05) is 30.3 Å². The van der Waals surface area contributed by atoms with Crippen molar-refractivity contribution in [3.63, 3.8) is 0 Å². The number of halogens is 2. The highest BCUT2D eigenvalue weighted by Crippen LogP contribution is 2.28. The fourth-order valence-corrected chi connectivity index (χ4v) is 2.51. The second kappa shape index (κ2) is 4.30. The third-order valence-corrected chi connectivity index (χ3v) is 3.39. The van der Waals surface area contributed by atoms with Gasteiger partial charge in [0.05, 0.1) is 11.2 Å². The Morgan fingerprint density at radius 3 is 2.83 bits per heavy atom. The van der Waals surface area contributed by atoms with E-state index in [4.69, 9.17) is 17.3 Å². The zero-order valence-corrected chi connectivity index (χ0v) is 11.6. The van der Waals surface area contributed by atoms with Gasteiger partial charge in [0, 0.05) is 15.1 Å². The van der Waals surface area contributed by atoms with Crippen molar-refractivity contribution in [3.8, 4) is 11.4 Å². The molecular weight excluding hydrogens is 314 g/mol. The molecule has 0 aliphatic heterocycles. The van der Waals surface area contributed by atoms with Crippen LogP contribution in [-0.4, -0.2) is 9.97 Å². The van der Waals surface area contributed by atoms with Crippen molar-refractivity contribution >= 4 is 44.3 Å². The van der Waals surface area contributed by atoms with Gasteiger partial charge in [-0.15, -0.1) is 0 Å². The molecular formula is C13H9BrClN3. The Kier molecular flexibility index (Phi) is 2.76. The Hall–Kier alpha value is -1.52. The van der Waals surface area contributed by atoms with Crippen molar-refractivity contribution in [2.24, 2.45) is 0 Å². The van der Waals surface area contributed by atoms with Crippen molar-refractivity contribution in [1.82, 2.24) is 9.97 Å². The van der Waals surface area contributed by atoms with Crippen LogP contribution in [-0.2, 0) is 0 Å². The number of aromatic nitrogens is 2. The molecule has 3 rings (SSSR count). The van der Waals surface area contributed by atoms with Gasteiger partial charge in [-0.1, -0.05) is 39.7 Å². The van der Waals surface area contributed by atoms with Crippen LogP contribution in [0, 0.1) is 0 Å². The van der Waals surface area contributed by atoms with Gasteiger partial charge in [0.2, 0.25) is 0 Å². The lowest BCUT2D eigenvalue weighted by molar-refractivity contribution is 1.33. The molecule has 0 unspecified atom stereocenters. The average molecular weight is 323 g/mol. The molecule has 0 spiro atoms. The smallest absolute Gasteiger partial charge is 0.138 e. The normalized spacial score (nSPS) is 11.0. The van der Waals surface area contributed by atoms with Gasteiger partial charge in [0.25, 0.3) is 0 Å². The molecule has 1 heterocycles. The first kappa shape index (κ1) is 11.6. The first-order valence-corrected chi connectivity index (χ1v) is 6.51.